The van der Waals surface area contributed by atoms with Gasteiger partial charge in [-0.3, -0.25) is 0 Å². The first-order chi connectivity index (χ1) is 13.4. The van der Waals surface area contributed by atoms with Crippen LogP contribution in [0.5, 0.6) is 0 Å². The zero-order valence-electron chi connectivity index (χ0n) is 16.5. The minimum atomic E-state index is -2.24. The van der Waals surface area contributed by atoms with Gasteiger partial charge >= 0.3 is 5.97 Å². The van der Waals surface area contributed by atoms with Gasteiger partial charge in [0.1, 0.15) is 23.4 Å². The minimum absolute atomic E-state index is 0.179. The number of esters is 1. The van der Waals surface area contributed by atoms with E-state index in [9.17, 15) is 35.4 Å². The number of carbonyl (C=O) groups excluding carboxylic acids is 1. The first kappa shape index (κ1) is 19.9. The summed E-state index contributed by atoms with van der Waals surface area (Å²) in [7, 11) is 0. The molecule has 5 aliphatic rings. The molecule has 9 heteroatoms. The van der Waals surface area contributed by atoms with Gasteiger partial charge in [-0.2, -0.15) is 0 Å². The highest BCUT2D eigenvalue weighted by Crippen LogP contribution is 2.73. The second-order valence-corrected chi connectivity index (χ2v) is 9.94. The molecule has 2 bridgehead atoms. The Kier molecular flexibility index (Phi) is 3.70. The number of aliphatic hydroxyl groups excluding tert-OH is 5. The van der Waals surface area contributed by atoms with Crippen LogP contribution in [0.25, 0.3) is 0 Å². The molecular formula is C20H28O9. The summed E-state index contributed by atoms with van der Waals surface area (Å²) in [6.07, 6.45) is -6.71. The van der Waals surface area contributed by atoms with Crippen LogP contribution in [0.1, 0.15) is 27.2 Å². The highest BCUT2D eigenvalue weighted by molar-refractivity contribution is 5.79. The molecule has 0 radical (unpaired) electrons. The maximum atomic E-state index is 12.5. The van der Waals surface area contributed by atoms with E-state index in [1.54, 1.807) is 19.9 Å². The van der Waals surface area contributed by atoms with Gasteiger partial charge in [-0.15, -0.1) is 0 Å². The van der Waals surface area contributed by atoms with Crippen LogP contribution in [0.4, 0.5) is 0 Å². The molecule has 2 heterocycles. The predicted molar refractivity (Wildman–Crippen MR) is 95.1 cm³/mol. The second kappa shape index (κ2) is 5.40. The van der Waals surface area contributed by atoms with E-state index in [0.717, 1.165) is 5.57 Å². The Morgan fingerprint density at radius 1 is 1.10 bits per heavy atom. The van der Waals surface area contributed by atoms with Gasteiger partial charge in [-0.05, 0) is 26.2 Å². The third-order valence-corrected chi connectivity index (χ3v) is 9.13. The first-order valence-electron chi connectivity index (χ1n) is 10.0. The van der Waals surface area contributed by atoms with Gasteiger partial charge in [0.05, 0.1) is 30.3 Å². The summed E-state index contributed by atoms with van der Waals surface area (Å²) >= 11 is 0. The van der Waals surface area contributed by atoms with Crippen molar-refractivity contribution in [3.8, 4) is 0 Å². The molecule has 9 nitrogen and oxygen atoms in total. The number of hydrogen-bond donors (Lipinski definition) is 6. The molecule has 6 N–H and O–H groups in total. The van der Waals surface area contributed by atoms with E-state index in [4.69, 9.17) is 9.47 Å². The number of fused-ring (bicyclic) bond motifs is 2. The molecule has 2 saturated heterocycles. The summed E-state index contributed by atoms with van der Waals surface area (Å²) in [6, 6.07) is 0. The minimum Gasteiger partial charge on any atom is -0.460 e. The van der Waals surface area contributed by atoms with Crippen molar-refractivity contribution in [3.63, 3.8) is 0 Å². The lowest BCUT2D eigenvalue weighted by Gasteiger charge is -2.70. The summed E-state index contributed by atoms with van der Waals surface area (Å²) in [5.74, 6) is -2.42. The highest BCUT2D eigenvalue weighted by atomic mass is 16.6. The van der Waals surface area contributed by atoms with Gasteiger partial charge in [0.25, 0.3) is 0 Å². The Morgan fingerprint density at radius 3 is 2.41 bits per heavy atom. The summed E-state index contributed by atoms with van der Waals surface area (Å²) in [4.78, 5) is 12.5. The monoisotopic (exact) mass is 412 g/mol. The van der Waals surface area contributed by atoms with Crippen molar-refractivity contribution in [3.05, 3.63) is 11.6 Å². The third kappa shape index (κ3) is 1.75. The molecule has 0 aromatic heterocycles. The van der Waals surface area contributed by atoms with E-state index in [-0.39, 0.29) is 18.9 Å². The number of carbonyl (C=O) groups is 1. The zero-order chi connectivity index (χ0) is 21.3. The molecule has 162 valence electrons. The fraction of sp³-hybridized carbons (Fsp3) is 0.850. The summed E-state index contributed by atoms with van der Waals surface area (Å²) in [5, 5.41) is 66.5. The van der Waals surface area contributed by atoms with Crippen molar-refractivity contribution in [2.24, 2.45) is 22.7 Å². The summed E-state index contributed by atoms with van der Waals surface area (Å²) < 4.78 is 11.4. The molecule has 29 heavy (non-hydrogen) atoms. The molecule has 0 amide bonds. The lowest BCUT2D eigenvalue weighted by molar-refractivity contribution is -0.355. The highest BCUT2D eigenvalue weighted by Gasteiger charge is 2.88. The fourth-order valence-corrected chi connectivity index (χ4v) is 7.72. The van der Waals surface area contributed by atoms with E-state index in [1.165, 1.54) is 6.92 Å². The van der Waals surface area contributed by atoms with Gasteiger partial charge in [-0.25, -0.2) is 4.79 Å². The van der Waals surface area contributed by atoms with Crippen LogP contribution in [0, 0.1) is 22.7 Å². The Morgan fingerprint density at radius 2 is 1.76 bits per heavy atom. The third-order valence-electron chi connectivity index (χ3n) is 9.13. The van der Waals surface area contributed by atoms with Gasteiger partial charge in [0, 0.05) is 11.3 Å². The average Bonchev–Trinajstić information content (AvgIpc) is 2.85. The number of hydrogen-bond acceptors (Lipinski definition) is 9. The Balaban J connectivity index is 1.82. The van der Waals surface area contributed by atoms with Crippen LogP contribution in [0.2, 0.25) is 0 Å². The second-order valence-electron chi connectivity index (χ2n) is 9.94. The zero-order valence-corrected chi connectivity index (χ0v) is 16.5. The van der Waals surface area contributed by atoms with Crippen LogP contribution >= 0.6 is 0 Å². The number of ether oxygens (including phenoxy) is 2. The average molecular weight is 412 g/mol. The van der Waals surface area contributed by atoms with E-state index in [0.29, 0.717) is 0 Å². The normalized spacial score (nSPS) is 63.3. The van der Waals surface area contributed by atoms with Gasteiger partial charge in [0.2, 0.25) is 0 Å². The van der Waals surface area contributed by atoms with E-state index in [2.05, 4.69) is 0 Å². The summed E-state index contributed by atoms with van der Waals surface area (Å²) in [5.41, 5.74) is -5.93. The molecule has 2 saturated carbocycles. The molecule has 0 aromatic carbocycles. The Hall–Kier alpha value is -1.07. The van der Waals surface area contributed by atoms with Gasteiger partial charge in [0.15, 0.2) is 6.10 Å². The Labute approximate surface area is 167 Å². The topological polar surface area (TPSA) is 157 Å². The maximum Gasteiger partial charge on any atom is 0.338 e. The maximum absolute atomic E-state index is 12.5. The molecule has 5 rings (SSSR count). The van der Waals surface area contributed by atoms with Crippen LogP contribution < -0.4 is 0 Å². The van der Waals surface area contributed by atoms with E-state index < -0.39 is 70.5 Å². The van der Waals surface area contributed by atoms with Crippen LogP contribution in [0.3, 0.4) is 0 Å². The Bertz CT molecular complexity index is 814. The number of allylic oxidation sites excluding steroid dienone is 1. The molecule has 12 atom stereocenters. The van der Waals surface area contributed by atoms with Crippen LogP contribution in [-0.4, -0.2) is 91.0 Å². The first-order valence-corrected chi connectivity index (χ1v) is 10.0. The van der Waals surface area contributed by atoms with Crippen molar-refractivity contribution in [1.29, 1.82) is 0 Å². The summed E-state index contributed by atoms with van der Waals surface area (Å²) in [6.45, 7) is 4.69. The van der Waals surface area contributed by atoms with Crippen molar-refractivity contribution in [1.82, 2.24) is 0 Å². The molecule has 4 fully saturated rings. The van der Waals surface area contributed by atoms with Crippen LogP contribution in [-0.2, 0) is 14.3 Å². The molecular weight excluding hydrogens is 384 g/mol. The van der Waals surface area contributed by atoms with E-state index >= 15 is 0 Å². The largest absolute Gasteiger partial charge is 0.460 e. The van der Waals surface area contributed by atoms with Crippen molar-refractivity contribution in [2.75, 3.05) is 6.61 Å². The SMILES string of the molecule is CC1=C[C@H](O)[C@@H](O)[C@]2(C)C3[C@@H](O)[C@H](O)[C@]4(C)OC[C@@]35[C@@H](C[C@@H]12)OC(=O)[C@H](O)[C@@]45O. The number of aliphatic hydroxyl groups is 6. The predicted octanol–water partition coefficient (Wildman–Crippen LogP) is -2.16. The molecule has 0 aromatic rings. The van der Waals surface area contributed by atoms with Gasteiger partial charge < -0.3 is 40.1 Å². The van der Waals surface area contributed by atoms with Crippen molar-refractivity contribution in [2.45, 2.75) is 75.0 Å². The smallest absolute Gasteiger partial charge is 0.338 e. The standard InChI is InChI=1S/C20H28O9/c1-7-4-9(21)13(23)17(2)8(7)5-10-19-6-28-18(3,14(24)11(22)12(17)19)20(19,27)15(25)16(26)29-10/h4,8-15,21-25,27H,5-6H2,1-3H3/t8-,9-,10+,11+,12?,13+,14-,15-,17-,18-,19+,20+/m0/s1. The molecule has 3 aliphatic carbocycles. The lowest BCUT2D eigenvalue weighted by Crippen LogP contribution is -2.86. The molecule has 2 aliphatic heterocycles. The molecule has 1 unspecified atom stereocenters. The van der Waals surface area contributed by atoms with Crippen molar-refractivity contribution >= 4 is 5.97 Å². The lowest BCUT2D eigenvalue weighted by atomic mass is 9.36. The van der Waals surface area contributed by atoms with Crippen molar-refractivity contribution < 1.29 is 44.9 Å². The fourth-order valence-electron chi connectivity index (χ4n) is 7.72. The quantitative estimate of drug-likeness (QED) is 0.193. The number of rotatable bonds is 0. The van der Waals surface area contributed by atoms with E-state index in [1.807, 2.05) is 0 Å². The molecule has 1 spiro atoms. The van der Waals surface area contributed by atoms with Gasteiger partial charge in [-0.1, -0.05) is 18.6 Å². The van der Waals surface area contributed by atoms with Crippen LogP contribution in [0.15, 0.2) is 11.6 Å².